The molecule has 1 unspecified atom stereocenters. The van der Waals surface area contributed by atoms with E-state index in [0.29, 0.717) is 5.92 Å². The molecule has 0 radical (unpaired) electrons. The van der Waals surface area contributed by atoms with Crippen LogP contribution in [-0.4, -0.2) is 20.9 Å². The van der Waals surface area contributed by atoms with Crippen molar-refractivity contribution in [3.63, 3.8) is 0 Å². The van der Waals surface area contributed by atoms with E-state index in [1.54, 1.807) is 17.8 Å². The number of rotatable bonds is 4. The standard InChI is InChI=1S/C11H18N2O2/c1-7(2)5-10-9(6-12-13(10)4)8(3)11(14)15/h6-8H,5H2,1-4H3,(H,14,15). The molecule has 1 atom stereocenters. The number of aromatic nitrogens is 2. The molecule has 4 nitrogen and oxygen atoms in total. The molecule has 0 aromatic carbocycles. The van der Waals surface area contributed by atoms with Crippen LogP contribution in [0.2, 0.25) is 0 Å². The fraction of sp³-hybridized carbons (Fsp3) is 0.636. The Kier molecular flexibility index (Phi) is 3.50. The Morgan fingerprint density at radius 2 is 2.13 bits per heavy atom. The molecule has 0 aliphatic rings. The van der Waals surface area contributed by atoms with Crippen LogP contribution in [0.15, 0.2) is 6.20 Å². The van der Waals surface area contributed by atoms with Gasteiger partial charge in [-0.25, -0.2) is 0 Å². The van der Waals surface area contributed by atoms with Gasteiger partial charge in [-0.1, -0.05) is 13.8 Å². The van der Waals surface area contributed by atoms with Gasteiger partial charge in [-0.05, 0) is 19.3 Å². The van der Waals surface area contributed by atoms with Gasteiger partial charge >= 0.3 is 5.97 Å². The first-order valence-corrected chi connectivity index (χ1v) is 5.17. The van der Waals surface area contributed by atoms with E-state index in [9.17, 15) is 4.79 Å². The Morgan fingerprint density at radius 1 is 1.53 bits per heavy atom. The van der Waals surface area contributed by atoms with E-state index in [2.05, 4.69) is 18.9 Å². The molecule has 0 aliphatic heterocycles. The Bertz CT molecular complexity index is 355. The molecular weight excluding hydrogens is 192 g/mol. The molecule has 0 amide bonds. The number of carboxylic acids is 1. The molecule has 15 heavy (non-hydrogen) atoms. The summed E-state index contributed by atoms with van der Waals surface area (Å²) in [4.78, 5) is 10.9. The minimum atomic E-state index is -0.798. The van der Waals surface area contributed by atoms with Gasteiger partial charge in [0.1, 0.15) is 0 Å². The third-order valence-corrected chi connectivity index (χ3v) is 2.53. The molecular formula is C11H18N2O2. The maximum Gasteiger partial charge on any atom is 0.310 e. The second-order valence-corrected chi connectivity index (χ2v) is 4.33. The van der Waals surface area contributed by atoms with Crippen LogP contribution in [-0.2, 0) is 18.3 Å². The molecule has 4 heteroatoms. The summed E-state index contributed by atoms with van der Waals surface area (Å²) in [5.74, 6) is -0.777. The van der Waals surface area contributed by atoms with Gasteiger partial charge in [0, 0.05) is 18.3 Å². The molecule has 0 saturated carbocycles. The SMILES string of the molecule is CC(C)Cc1c(C(C)C(=O)O)cnn1C. The number of aliphatic carboxylic acids is 1. The van der Waals surface area contributed by atoms with E-state index < -0.39 is 11.9 Å². The highest BCUT2D eigenvalue weighted by Gasteiger charge is 2.20. The van der Waals surface area contributed by atoms with E-state index in [4.69, 9.17) is 5.11 Å². The first kappa shape index (κ1) is 11.8. The van der Waals surface area contributed by atoms with Gasteiger partial charge in [-0.15, -0.1) is 0 Å². The minimum absolute atomic E-state index is 0.479. The maximum absolute atomic E-state index is 10.9. The van der Waals surface area contributed by atoms with Crippen LogP contribution < -0.4 is 0 Å². The highest BCUT2D eigenvalue weighted by atomic mass is 16.4. The first-order chi connectivity index (χ1) is 6.93. The molecule has 0 fully saturated rings. The Hall–Kier alpha value is -1.32. The van der Waals surface area contributed by atoms with Crippen LogP contribution in [0.4, 0.5) is 0 Å². The summed E-state index contributed by atoms with van der Waals surface area (Å²) in [6.07, 6.45) is 2.53. The monoisotopic (exact) mass is 210 g/mol. The van der Waals surface area contributed by atoms with E-state index in [-0.39, 0.29) is 0 Å². The van der Waals surface area contributed by atoms with Crippen LogP contribution in [0.3, 0.4) is 0 Å². The predicted molar refractivity (Wildman–Crippen MR) is 57.8 cm³/mol. The summed E-state index contributed by atoms with van der Waals surface area (Å²) in [5, 5.41) is 13.1. The van der Waals surface area contributed by atoms with Crippen molar-refractivity contribution in [3.05, 3.63) is 17.5 Å². The fourth-order valence-corrected chi connectivity index (χ4v) is 1.61. The number of hydrogen-bond acceptors (Lipinski definition) is 2. The van der Waals surface area contributed by atoms with E-state index in [1.165, 1.54) is 0 Å². The van der Waals surface area contributed by atoms with Crippen LogP contribution in [0.5, 0.6) is 0 Å². The van der Waals surface area contributed by atoms with Crippen molar-refractivity contribution in [2.75, 3.05) is 0 Å². The lowest BCUT2D eigenvalue weighted by atomic mass is 9.97. The molecule has 1 aromatic rings. The maximum atomic E-state index is 10.9. The highest BCUT2D eigenvalue weighted by molar-refractivity contribution is 5.75. The van der Waals surface area contributed by atoms with Crippen molar-refractivity contribution in [2.45, 2.75) is 33.1 Å². The van der Waals surface area contributed by atoms with Crippen molar-refractivity contribution in [1.82, 2.24) is 9.78 Å². The number of aryl methyl sites for hydroxylation is 1. The minimum Gasteiger partial charge on any atom is -0.481 e. The van der Waals surface area contributed by atoms with Crippen molar-refractivity contribution >= 4 is 5.97 Å². The zero-order valence-electron chi connectivity index (χ0n) is 9.69. The van der Waals surface area contributed by atoms with Gasteiger partial charge in [-0.3, -0.25) is 9.48 Å². The summed E-state index contributed by atoms with van der Waals surface area (Å²) in [7, 11) is 1.86. The van der Waals surface area contributed by atoms with Crippen LogP contribution in [0, 0.1) is 5.92 Å². The number of carboxylic acid groups (broad SMARTS) is 1. The Labute approximate surface area is 89.9 Å². The van der Waals surface area contributed by atoms with E-state index >= 15 is 0 Å². The third kappa shape index (κ3) is 2.58. The van der Waals surface area contributed by atoms with Gasteiger partial charge in [0.2, 0.25) is 0 Å². The summed E-state index contributed by atoms with van der Waals surface area (Å²) in [5.41, 5.74) is 1.86. The molecule has 0 bridgehead atoms. The van der Waals surface area contributed by atoms with E-state index in [0.717, 1.165) is 17.7 Å². The topological polar surface area (TPSA) is 55.1 Å². The van der Waals surface area contributed by atoms with Gasteiger partial charge in [0.05, 0.1) is 12.1 Å². The normalized spacial score (nSPS) is 13.1. The lowest BCUT2D eigenvalue weighted by Gasteiger charge is -2.11. The van der Waals surface area contributed by atoms with Gasteiger partial charge in [0.25, 0.3) is 0 Å². The quantitative estimate of drug-likeness (QED) is 0.824. The third-order valence-electron chi connectivity index (χ3n) is 2.53. The van der Waals surface area contributed by atoms with Crippen LogP contribution in [0.25, 0.3) is 0 Å². The fourth-order valence-electron chi connectivity index (χ4n) is 1.61. The Morgan fingerprint density at radius 3 is 2.60 bits per heavy atom. The summed E-state index contributed by atoms with van der Waals surface area (Å²) < 4.78 is 1.77. The smallest absolute Gasteiger partial charge is 0.310 e. The van der Waals surface area contributed by atoms with Crippen molar-refractivity contribution in [3.8, 4) is 0 Å². The van der Waals surface area contributed by atoms with Crippen molar-refractivity contribution < 1.29 is 9.90 Å². The lowest BCUT2D eigenvalue weighted by molar-refractivity contribution is -0.138. The van der Waals surface area contributed by atoms with Gasteiger partial charge < -0.3 is 5.11 Å². The summed E-state index contributed by atoms with van der Waals surface area (Å²) >= 11 is 0. The molecule has 0 spiro atoms. The average Bonchev–Trinajstić information content (AvgIpc) is 2.46. The van der Waals surface area contributed by atoms with Crippen molar-refractivity contribution in [1.29, 1.82) is 0 Å². The second kappa shape index (κ2) is 4.47. The van der Waals surface area contributed by atoms with Gasteiger partial charge in [-0.2, -0.15) is 5.10 Å². The molecule has 0 aliphatic carbocycles. The Balaban J connectivity index is 3.02. The van der Waals surface area contributed by atoms with Gasteiger partial charge in [0.15, 0.2) is 0 Å². The summed E-state index contributed by atoms with van der Waals surface area (Å²) in [6, 6.07) is 0. The molecule has 1 aromatic heterocycles. The van der Waals surface area contributed by atoms with E-state index in [1.807, 2.05) is 7.05 Å². The molecule has 1 N–H and O–H groups in total. The summed E-state index contributed by atoms with van der Waals surface area (Å²) in [6.45, 7) is 5.92. The molecule has 84 valence electrons. The number of nitrogens with zero attached hydrogens (tertiary/aromatic N) is 2. The predicted octanol–water partition coefficient (Wildman–Crippen LogP) is 1.81. The van der Waals surface area contributed by atoms with Crippen LogP contribution >= 0.6 is 0 Å². The first-order valence-electron chi connectivity index (χ1n) is 5.17. The molecule has 1 heterocycles. The zero-order valence-corrected chi connectivity index (χ0v) is 9.69. The number of carbonyl (C=O) groups is 1. The zero-order chi connectivity index (χ0) is 11.6. The number of hydrogen-bond donors (Lipinski definition) is 1. The molecule has 1 rings (SSSR count). The largest absolute Gasteiger partial charge is 0.481 e. The van der Waals surface area contributed by atoms with Crippen molar-refractivity contribution in [2.24, 2.45) is 13.0 Å². The highest BCUT2D eigenvalue weighted by Crippen LogP contribution is 2.21. The average molecular weight is 210 g/mol. The lowest BCUT2D eigenvalue weighted by Crippen LogP contribution is -2.11. The van der Waals surface area contributed by atoms with Crippen LogP contribution in [0.1, 0.15) is 37.9 Å². The second-order valence-electron chi connectivity index (χ2n) is 4.33. The molecule has 0 saturated heterocycles.